The van der Waals surface area contributed by atoms with E-state index in [0.29, 0.717) is 0 Å². The van der Waals surface area contributed by atoms with Crippen LogP contribution in [-0.2, 0) is 25.7 Å². The average molecular weight is 511 g/mol. The molecule has 0 radical (unpaired) electrons. The number of thiazole rings is 1. The summed E-state index contributed by atoms with van der Waals surface area (Å²) in [6, 6.07) is 5.86. The maximum Gasteiger partial charge on any atom is 0.257 e. The number of rotatable bonds is 7. The van der Waals surface area contributed by atoms with Crippen LogP contribution in [0.3, 0.4) is 0 Å². The Morgan fingerprint density at radius 1 is 1.19 bits per heavy atom. The van der Waals surface area contributed by atoms with Gasteiger partial charge < -0.3 is 15.3 Å². The number of nitrogens with one attached hydrogen (secondary N) is 1. The van der Waals surface area contributed by atoms with Gasteiger partial charge in [-0.3, -0.25) is 24.1 Å². The first-order valence-electron chi connectivity index (χ1n) is 11.9. The van der Waals surface area contributed by atoms with Crippen molar-refractivity contribution in [1.82, 2.24) is 20.1 Å². The number of carbonyl (C=O) groups excluding carboxylic acids is 4. The minimum Gasteiger partial charge on any atom is -0.391 e. The zero-order valence-electron chi connectivity index (χ0n) is 20.7. The van der Waals surface area contributed by atoms with Gasteiger partial charge in [0.15, 0.2) is 0 Å². The normalized spacial score (nSPS) is 20.8. The molecule has 0 saturated carbocycles. The van der Waals surface area contributed by atoms with Crippen LogP contribution in [0.2, 0.25) is 0 Å². The second kappa shape index (κ2) is 10.3. The number of benzene rings is 1. The van der Waals surface area contributed by atoms with E-state index in [-0.39, 0.29) is 31.0 Å². The Balaban J connectivity index is 1.45. The fourth-order valence-corrected chi connectivity index (χ4v) is 5.51. The van der Waals surface area contributed by atoms with Crippen molar-refractivity contribution in [3.63, 3.8) is 0 Å². The molecule has 1 fully saturated rings. The molecule has 0 bridgehead atoms. The fraction of sp³-hybridized carbons (Fsp3) is 0.423. The lowest BCUT2D eigenvalue weighted by Crippen LogP contribution is -2.56. The number of aliphatic hydroxyl groups is 1. The molecule has 2 aliphatic heterocycles. The average Bonchev–Trinajstić information content (AvgIpc) is 3.51. The van der Waals surface area contributed by atoms with Crippen LogP contribution < -0.4 is 5.32 Å². The van der Waals surface area contributed by atoms with Gasteiger partial charge in [0.25, 0.3) is 11.8 Å². The number of likely N-dealkylation sites (tertiary alicyclic amines) is 1. The van der Waals surface area contributed by atoms with Crippen molar-refractivity contribution in [2.75, 3.05) is 6.54 Å². The van der Waals surface area contributed by atoms with Gasteiger partial charge in [-0.1, -0.05) is 38.1 Å². The Morgan fingerprint density at radius 2 is 1.89 bits per heavy atom. The molecule has 9 nitrogen and oxygen atoms in total. The minimum absolute atomic E-state index is 0.0360. The monoisotopic (exact) mass is 510 g/mol. The standard InChI is InChI=1S/C26H30N4O5S/c1-14(2)22(30-21(32)9-15(3)25(30)34)26(35)29-12-19(31)10-20(29)24(33)27-11-17-5-7-18(8-6-17)23-16(4)28-13-36-23/h5-9,13-14,19-20,22,31H,10-12H2,1-4H3,(H,27,33). The molecule has 3 unspecified atom stereocenters. The van der Waals surface area contributed by atoms with E-state index in [1.165, 1.54) is 17.9 Å². The number of amides is 4. The molecule has 1 aromatic carbocycles. The summed E-state index contributed by atoms with van der Waals surface area (Å²) in [4.78, 5) is 59.3. The number of aromatic nitrogens is 1. The molecule has 0 aliphatic carbocycles. The van der Waals surface area contributed by atoms with Crippen molar-refractivity contribution >= 4 is 35.0 Å². The molecule has 3 heterocycles. The predicted octanol–water partition coefficient (Wildman–Crippen LogP) is 2.04. The summed E-state index contributed by atoms with van der Waals surface area (Å²) >= 11 is 1.57. The van der Waals surface area contributed by atoms with E-state index in [1.807, 2.05) is 31.2 Å². The van der Waals surface area contributed by atoms with Gasteiger partial charge in [0.2, 0.25) is 11.8 Å². The molecule has 190 valence electrons. The van der Waals surface area contributed by atoms with E-state index in [2.05, 4.69) is 10.3 Å². The summed E-state index contributed by atoms with van der Waals surface area (Å²) in [7, 11) is 0. The Bertz CT molecular complexity index is 1220. The van der Waals surface area contributed by atoms with E-state index in [4.69, 9.17) is 0 Å². The van der Waals surface area contributed by atoms with Gasteiger partial charge in [0.05, 0.1) is 22.2 Å². The highest BCUT2D eigenvalue weighted by Crippen LogP contribution is 2.28. The summed E-state index contributed by atoms with van der Waals surface area (Å²) in [6.45, 7) is 7.20. The Hall–Kier alpha value is -3.37. The maximum atomic E-state index is 13.5. The molecule has 0 spiro atoms. The first-order chi connectivity index (χ1) is 17.1. The Morgan fingerprint density at radius 3 is 2.44 bits per heavy atom. The molecule has 2 N–H and O–H groups in total. The zero-order chi connectivity index (χ0) is 26.1. The highest BCUT2D eigenvalue weighted by Gasteiger charge is 2.46. The van der Waals surface area contributed by atoms with Crippen molar-refractivity contribution in [2.45, 2.75) is 58.8 Å². The summed E-state index contributed by atoms with van der Waals surface area (Å²) < 4.78 is 0. The van der Waals surface area contributed by atoms with Crippen molar-refractivity contribution in [2.24, 2.45) is 5.92 Å². The van der Waals surface area contributed by atoms with E-state index < -0.39 is 41.8 Å². The Labute approximate surface area is 213 Å². The molecular weight excluding hydrogens is 480 g/mol. The molecule has 1 aromatic heterocycles. The van der Waals surface area contributed by atoms with Crippen LogP contribution in [0, 0.1) is 12.8 Å². The van der Waals surface area contributed by atoms with Gasteiger partial charge in [-0.05, 0) is 30.9 Å². The van der Waals surface area contributed by atoms with Crippen LogP contribution in [-0.4, -0.2) is 68.3 Å². The third-order valence-electron chi connectivity index (χ3n) is 6.59. The van der Waals surface area contributed by atoms with Crippen LogP contribution in [0.15, 0.2) is 41.4 Å². The molecule has 36 heavy (non-hydrogen) atoms. The maximum absolute atomic E-state index is 13.5. The summed E-state index contributed by atoms with van der Waals surface area (Å²) in [5.74, 6) is -2.33. The van der Waals surface area contributed by atoms with Gasteiger partial charge in [-0.2, -0.15) is 0 Å². The zero-order valence-corrected chi connectivity index (χ0v) is 21.5. The molecule has 2 aliphatic rings. The van der Waals surface area contributed by atoms with Gasteiger partial charge in [0, 0.05) is 31.2 Å². The summed E-state index contributed by atoms with van der Waals surface area (Å²) in [5, 5.41) is 13.2. The number of aliphatic hydroxyl groups excluding tert-OH is 1. The molecule has 1 saturated heterocycles. The van der Waals surface area contributed by atoms with E-state index >= 15 is 0 Å². The second-order valence-electron chi connectivity index (χ2n) is 9.61. The first kappa shape index (κ1) is 25.7. The number of carbonyl (C=O) groups is 4. The van der Waals surface area contributed by atoms with Gasteiger partial charge >= 0.3 is 0 Å². The third kappa shape index (κ3) is 4.96. The number of imide groups is 1. The number of hydrogen-bond acceptors (Lipinski definition) is 7. The summed E-state index contributed by atoms with van der Waals surface area (Å²) in [5.41, 5.74) is 4.98. The van der Waals surface area contributed by atoms with E-state index in [9.17, 15) is 24.3 Å². The van der Waals surface area contributed by atoms with Crippen LogP contribution >= 0.6 is 11.3 Å². The Kier molecular flexibility index (Phi) is 7.37. The fourth-order valence-electron chi connectivity index (χ4n) is 4.70. The highest BCUT2D eigenvalue weighted by atomic mass is 32.1. The molecule has 4 amide bonds. The molecule has 4 rings (SSSR count). The van der Waals surface area contributed by atoms with E-state index in [0.717, 1.165) is 26.6 Å². The SMILES string of the molecule is CC1=CC(=O)N(C(C(=O)N2CC(O)CC2C(=O)NCc2ccc(-c3scnc3C)cc2)C(C)C)C1=O. The number of β-amino-alcohol motifs (C(OH)–C–C–N with tert-alkyl or cyclic N) is 1. The molecular formula is C26H30N4O5S. The highest BCUT2D eigenvalue weighted by molar-refractivity contribution is 7.13. The second-order valence-corrected chi connectivity index (χ2v) is 10.5. The van der Waals surface area contributed by atoms with Gasteiger partial charge in [-0.25, -0.2) is 4.98 Å². The topological polar surface area (TPSA) is 120 Å². The van der Waals surface area contributed by atoms with Crippen molar-refractivity contribution < 1.29 is 24.3 Å². The third-order valence-corrected chi connectivity index (χ3v) is 7.57. The van der Waals surface area contributed by atoms with Gasteiger partial charge in [0.1, 0.15) is 12.1 Å². The molecule has 2 aromatic rings. The van der Waals surface area contributed by atoms with Crippen LogP contribution in [0.5, 0.6) is 0 Å². The smallest absolute Gasteiger partial charge is 0.257 e. The lowest BCUT2D eigenvalue weighted by molar-refractivity contribution is -0.153. The predicted molar refractivity (Wildman–Crippen MR) is 134 cm³/mol. The lowest BCUT2D eigenvalue weighted by Gasteiger charge is -2.34. The number of aryl methyl sites for hydroxylation is 1. The minimum atomic E-state index is -1.05. The largest absolute Gasteiger partial charge is 0.391 e. The number of hydrogen-bond donors (Lipinski definition) is 2. The van der Waals surface area contributed by atoms with Crippen LogP contribution in [0.25, 0.3) is 10.4 Å². The number of nitrogens with zero attached hydrogens (tertiary/aromatic N) is 3. The van der Waals surface area contributed by atoms with Gasteiger partial charge in [-0.15, -0.1) is 11.3 Å². The van der Waals surface area contributed by atoms with Crippen LogP contribution in [0.1, 0.15) is 38.4 Å². The summed E-state index contributed by atoms with van der Waals surface area (Å²) in [6.07, 6.45) is 0.435. The lowest BCUT2D eigenvalue weighted by atomic mass is 10.00. The van der Waals surface area contributed by atoms with Crippen molar-refractivity contribution in [3.05, 3.63) is 52.7 Å². The van der Waals surface area contributed by atoms with Crippen LogP contribution in [0.4, 0.5) is 0 Å². The van der Waals surface area contributed by atoms with Crippen molar-refractivity contribution in [1.29, 1.82) is 0 Å². The quantitative estimate of drug-likeness (QED) is 0.550. The molecule has 10 heteroatoms. The van der Waals surface area contributed by atoms with Crippen molar-refractivity contribution in [3.8, 4) is 10.4 Å². The van der Waals surface area contributed by atoms with E-state index in [1.54, 1.807) is 30.7 Å². The first-order valence-corrected chi connectivity index (χ1v) is 12.8. The molecule has 3 atom stereocenters.